The Morgan fingerprint density at radius 3 is 2.71 bits per heavy atom. The summed E-state index contributed by atoms with van der Waals surface area (Å²) in [5, 5.41) is 20.4. The normalized spacial score (nSPS) is 27.6. The minimum atomic E-state index is -1.68. The molecule has 2 aromatic rings. The number of carbonyl (C=O) groups is 1. The molecule has 0 aliphatic carbocycles. The van der Waals surface area contributed by atoms with Crippen molar-refractivity contribution < 1.29 is 24.3 Å². The van der Waals surface area contributed by atoms with Crippen molar-refractivity contribution in [2.75, 3.05) is 6.61 Å². The van der Waals surface area contributed by atoms with E-state index in [1.165, 1.54) is 4.90 Å². The van der Waals surface area contributed by atoms with Gasteiger partial charge in [0.1, 0.15) is 5.75 Å². The van der Waals surface area contributed by atoms with Gasteiger partial charge in [0, 0.05) is 23.5 Å². The van der Waals surface area contributed by atoms with E-state index in [1.54, 1.807) is 0 Å². The molecule has 3 aliphatic heterocycles. The van der Waals surface area contributed by atoms with E-state index in [0.717, 1.165) is 28.9 Å². The number of amides is 1. The second kappa shape index (κ2) is 6.62. The number of ether oxygens (including phenoxy) is 2. The first-order chi connectivity index (χ1) is 13.6. The molecule has 1 saturated heterocycles. The second-order valence-corrected chi connectivity index (χ2v) is 7.79. The molecule has 7 heteroatoms. The van der Waals surface area contributed by atoms with Crippen LogP contribution in [0.25, 0.3) is 0 Å². The van der Waals surface area contributed by atoms with Crippen LogP contribution in [0.5, 0.6) is 5.75 Å². The Hall–Kier alpha value is -2.35. The van der Waals surface area contributed by atoms with Gasteiger partial charge in [-0.2, -0.15) is 0 Å². The van der Waals surface area contributed by atoms with E-state index in [0.29, 0.717) is 25.9 Å². The molecule has 28 heavy (non-hydrogen) atoms. The van der Waals surface area contributed by atoms with E-state index in [-0.39, 0.29) is 12.0 Å². The first-order valence-electron chi connectivity index (χ1n) is 9.73. The lowest BCUT2D eigenvalue weighted by Crippen LogP contribution is -2.56. The monoisotopic (exact) mass is 379 g/mol. The standard InChI is InChI=1S/C21H22BNO5/c24-13-23(21-10-9-19(28-21)16-6-1-3-7-17(16)21)20(22(25)26)11-14-12-27-18-8-4-2-5-15(14)18/h1-8,13-14,19-20,25-26H,9-12H2/t14-,19+,20+,21-/m1/s1. The van der Waals surface area contributed by atoms with Gasteiger partial charge in [0.15, 0.2) is 5.72 Å². The largest absolute Gasteiger partial charge is 0.493 e. The average Bonchev–Trinajstić information content (AvgIpc) is 3.41. The maximum absolute atomic E-state index is 12.2. The summed E-state index contributed by atoms with van der Waals surface area (Å²) >= 11 is 0. The van der Waals surface area contributed by atoms with Crippen molar-refractivity contribution in [3.05, 3.63) is 65.2 Å². The predicted molar refractivity (Wildman–Crippen MR) is 102 cm³/mol. The molecule has 3 heterocycles. The van der Waals surface area contributed by atoms with Gasteiger partial charge in [-0.1, -0.05) is 42.5 Å². The number of fused-ring (bicyclic) bond motifs is 6. The SMILES string of the molecule is O=CN([C@@H](C[C@@H]1COc2ccccc21)B(O)O)[C@]12CC[C@H](O1)c1ccccc12. The summed E-state index contributed by atoms with van der Waals surface area (Å²) in [4.78, 5) is 13.7. The van der Waals surface area contributed by atoms with Crippen molar-refractivity contribution >= 4 is 13.5 Å². The molecule has 4 atom stereocenters. The number of nitrogens with zero attached hydrogens (tertiary/aromatic N) is 1. The summed E-state index contributed by atoms with van der Waals surface area (Å²) < 4.78 is 12.0. The number of hydrogen-bond acceptors (Lipinski definition) is 5. The summed E-state index contributed by atoms with van der Waals surface area (Å²) in [6.45, 7) is 0.461. The van der Waals surface area contributed by atoms with Crippen molar-refractivity contribution in [3.63, 3.8) is 0 Å². The van der Waals surface area contributed by atoms with E-state index in [4.69, 9.17) is 9.47 Å². The fourth-order valence-electron chi connectivity index (χ4n) is 5.09. The maximum Gasteiger partial charge on any atom is 0.475 e. The van der Waals surface area contributed by atoms with Crippen LogP contribution < -0.4 is 4.74 Å². The lowest BCUT2D eigenvalue weighted by atomic mass is 9.71. The summed E-state index contributed by atoms with van der Waals surface area (Å²) in [7, 11) is -1.68. The van der Waals surface area contributed by atoms with E-state index in [2.05, 4.69) is 0 Å². The Balaban J connectivity index is 1.49. The maximum atomic E-state index is 12.2. The number of para-hydroxylation sites is 1. The Labute approximate surface area is 163 Å². The smallest absolute Gasteiger partial charge is 0.475 e. The lowest BCUT2D eigenvalue weighted by Gasteiger charge is -2.42. The highest BCUT2D eigenvalue weighted by Crippen LogP contribution is 2.56. The first-order valence-corrected chi connectivity index (χ1v) is 9.73. The summed E-state index contributed by atoms with van der Waals surface area (Å²) in [6, 6.07) is 15.6. The van der Waals surface area contributed by atoms with Crippen molar-refractivity contribution in [1.82, 2.24) is 4.90 Å². The van der Waals surface area contributed by atoms with Crippen molar-refractivity contribution in [2.24, 2.45) is 0 Å². The lowest BCUT2D eigenvalue weighted by molar-refractivity contribution is -0.163. The minimum absolute atomic E-state index is 0.0179. The van der Waals surface area contributed by atoms with E-state index in [9.17, 15) is 14.8 Å². The van der Waals surface area contributed by atoms with Gasteiger partial charge in [-0.05, 0) is 24.5 Å². The van der Waals surface area contributed by atoms with Gasteiger partial charge >= 0.3 is 7.12 Å². The highest BCUT2D eigenvalue weighted by molar-refractivity contribution is 6.43. The zero-order valence-electron chi connectivity index (χ0n) is 15.4. The molecular formula is C21H22BNO5. The van der Waals surface area contributed by atoms with Gasteiger partial charge in [-0.15, -0.1) is 0 Å². The zero-order valence-corrected chi connectivity index (χ0v) is 15.4. The fraction of sp³-hybridized carbons (Fsp3) is 0.381. The van der Waals surface area contributed by atoms with E-state index >= 15 is 0 Å². The van der Waals surface area contributed by atoms with Gasteiger partial charge in [0.05, 0.1) is 18.7 Å². The third-order valence-corrected chi connectivity index (χ3v) is 6.37. The molecule has 0 spiro atoms. The molecule has 0 unspecified atom stereocenters. The molecule has 0 aromatic heterocycles. The Kier molecular flexibility index (Phi) is 4.19. The number of hydrogen-bond donors (Lipinski definition) is 2. The van der Waals surface area contributed by atoms with Crippen LogP contribution in [0.2, 0.25) is 0 Å². The summed E-state index contributed by atoms with van der Waals surface area (Å²) in [5.41, 5.74) is 2.14. The molecule has 144 valence electrons. The van der Waals surface area contributed by atoms with Crippen molar-refractivity contribution in [3.8, 4) is 5.75 Å². The molecule has 0 saturated carbocycles. The number of benzene rings is 2. The molecule has 2 bridgehead atoms. The minimum Gasteiger partial charge on any atom is -0.493 e. The van der Waals surface area contributed by atoms with Gasteiger partial charge < -0.3 is 24.4 Å². The molecule has 2 N–H and O–H groups in total. The van der Waals surface area contributed by atoms with Gasteiger partial charge in [0.25, 0.3) is 0 Å². The van der Waals surface area contributed by atoms with Crippen LogP contribution in [0.15, 0.2) is 48.5 Å². The number of carbonyl (C=O) groups excluding carboxylic acids is 1. The Morgan fingerprint density at radius 1 is 1.18 bits per heavy atom. The second-order valence-electron chi connectivity index (χ2n) is 7.79. The Bertz CT molecular complexity index is 906. The topological polar surface area (TPSA) is 79.2 Å². The fourth-order valence-corrected chi connectivity index (χ4v) is 5.09. The van der Waals surface area contributed by atoms with Crippen molar-refractivity contribution in [2.45, 2.75) is 43.0 Å². The summed E-state index contributed by atoms with van der Waals surface area (Å²) in [5.74, 6) is -0.00394. The van der Waals surface area contributed by atoms with Crippen LogP contribution in [-0.4, -0.2) is 41.0 Å². The number of rotatable bonds is 6. The van der Waals surface area contributed by atoms with Crippen LogP contribution in [0.3, 0.4) is 0 Å². The van der Waals surface area contributed by atoms with Crippen LogP contribution in [0.1, 0.15) is 48.0 Å². The average molecular weight is 379 g/mol. The van der Waals surface area contributed by atoms with Crippen LogP contribution in [-0.2, 0) is 15.3 Å². The molecule has 1 fully saturated rings. The summed E-state index contributed by atoms with van der Waals surface area (Å²) in [6.07, 6.45) is 2.49. The van der Waals surface area contributed by atoms with Gasteiger partial charge in [-0.3, -0.25) is 4.79 Å². The first kappa shape index (κ1) is 17.7. The molecule has 3 aliphatic rings. The van der Waals surface area contributed by atoms with E-state index < -0.39 is 18.8 Å². The molecule has 5 rings (SSSR count). The highest BCUT2D eigenvalue weighted by atomic mass is 16.5. The Morgan fingerprint density at radius 2 is 1.93 bits per heavy atom. The van der Waals surface area contributed by atoms with Crippen molar-refractivity contribution in [1.29, 1.82) is 0 Å². The third-order valence-electron chi connectivity index (χ3n) is 6.37. The molecule has 6 nitrogen and oxygen atoms in total. The van der Waals surface area contributed by atoms with Crippen LogP contribution >= 0.6 is 0 Å². The molecule has 1 amide bonds. The van der Waals surface area contributed by atoms with Gasteiger partial charge in [-0.25, -0.2) is 0 Å². The molecule has 2 aromatic carbocycles. The third kappa shape index (κ3) is 2.50. The quantitative estimate of drug-likeness (QED) is 0.594. The molecular weight excluding hydrogens is 357 g/mol. The van der Waals surface area contributed by atoms with Crippen LogP contribution in [0, 0.1) is 0 Å². The molecule has 0 radical (unpaired) electrons. The zero-order chi connectivity index (χ0) is 19.3. The highest BCUT2D eigenvalue weighted by Gasteiger charge is 2.57. The van der Waals surface area contributed by atoms with Crippen LogP contribution in [0.4, 0.5) is 0 Å². The van der Waals surface area contributed by atoms with Gasteiger partial charge in [0.2, 0.25) is 6.41 Å². The predicted octanol–water partition coefficient (Wildman–Crippen LogP) is 2.11. The van der Waals surface area contributed by atoms with E-state index in [1.807, 2.05) is 48.5 Å².